The van der Waals surface area contributed by atoms with Gasteiger partial charge in [0.05, 0.1) is 45.9 Å². The van der Waals surface area contributed by atoms with Crippen LogP contribution < -0.4 is 18.9 Å². The number of aromatic nitrogens is 2. The number of ether oxygens (including phenoxy) is 5. The zero-order chi connectivity index (χ0) is 25.5. The lowest BCUT2D eigenvalue weighted by molar-refractivity contribution is 0.0592. The van der Waals surface area contributed by atoms with Gasteiger partial charge < -0.3 is 28.8 Å². The summed E-state index contributed by atoms with van der Waals surface area (Å²) in [5.74, 6) is 1.61. The highest BCUT2D eigenvalue weighted by molar-refractivity contribution is 5.87. The number of hydrogen-bond acceptors (Lipinski definition) is 9. The van der Waals surface area contributed by atoms with Crippen LogP contribution in [0.4, 0.5) is 0 Å². The van der Waals surface area contributed by atoms with Gasteiger partial charge in [-0.25, -0.2) is 19.6 Å². The van der Waals surface area contributed by atoms with Crippen LogP contribution in [0.2, 0.25) is 0 Å². The topological polar surface area (TPSA) is 126 Å². The van der Waals surface area contributed by atoms with Crippen LogP contribution in [-0.2, 0) is 4.74 Å². The fourth-order valence-electron chi connectivity index (χ4n) is 3.40. The number of rotatable bonds is 10. The zero-order valence-electron chi connectivity index (χ0n) is 20.6. The summed E-state index contributed by atoms with van der Waals surface area (Å²) in [4.78, 5) is 29.9. The van der Waals surface area contributed by atoms with E-state index in [1.54, 1.807) is 0 Å². The molecule has 10 nitrogen and oxygen atoms in total. The first kappa shape index (κ1) is 26.1. The van der Waals surface area contributed by atoms with Gasteiger partial charge in [-0.1, -0.05) is 0 Å². The van der Waals surface area contributed by atoms with Gasteiger partial charge in [0.2, 0.25) is 0 Å². The Morgan fingerprint density at radius 2 is 1.23 bits per heavy atom. The Bertz CT molecular complexity index is 1040. The van der Waals surface area contributed by atoms with Gasteiger partial charge in [0, 0.05) is 12.1 Å². The maximum atomic E-state index is 11.4. The number of carboxylic acids is 1. The highest BCUT2D eigenvalue weighted by atomic mass is 16.5. The van der Waals surface area contributed by atoms with E-state index in [1.165, 1.54) is 71.5 Å². The second-order valence-electron chi connectivity index (χ2n) is 8.56. The summed E-state index contributed by atoms with van der Waals surface area (Å²) >= 11 is 0. The molecular formula is C25H32N2O8. The molecule has 0 saturated heterocycles. The van der Waals surface area contributed by atoms with Crippen molar-refractivity contribution in [3.63, 3.8) is 0 Å². The summed E-state index contributed by atoms with van der Waals surface area (Å²) < 4.78 is 26.4. The molecule has 2 aromatic heterocycles. The highest BCUT2D eigenvalue weighted by Gasteiger charge is 2.31. The van der Waals surface area contributed by atoms with Crippen molar-refractivity contribution in [2.45, 2.75) is 51.7 Å². The third kappa shape index (κ3) is 7.21. The van der Waals surface area contributed by atoms with E-state index in [0.29, 0.717) is 34.8 Å². The molecule has 190 valence electrons. The smallest absolute Gasteiger partial charge is 0.356 e. The van der Waals surface area contributed by atoms with Gasteiger partial charge in [0.25, 0.3) is 0 Å². The van der Waals surface area contributed by atoms with Crippen molar-refractivity contribution in [2.24, 2.45) is 11.8 Å². The van der Waals surface area contributed by atoms with Gasteiger partial charge in [-0.15, -0.1) is 0 Å². The van der Waals surface area contributed by atoms with Gasteiger partial charge in [-0.2, -0.15) is 0 Å². The Morgan fingerprint density at radius 1 is 0.800 bits per heavy atom. The molecule has 1 N–H and O–H groups in total. The summed E-state index contributed by atoms with van der Waals surface area (Å²) in [6.45, 7) is 4.04. The average Bonchev–Trinajstić information content (AvgIpc) is 3.76. The molecule has 4 rings (SSSR count). The number of methoxy groups -OCH3 is 3. The molecular weight excluding hydrogens is 456 g/mol. The van der Waals surface area contributed by atoms with Gasteiger partial charge in [-0.05, 0) is 51.4 Å². The van der Waals surface area contributed by atoms with E-state index in [9.17, 15) is 9.59 Å². The van der Waals surface area contributed by atoms with Crippen LogP contribution in [-0.4, -0.2) is 60.6 Å². The van der Waals surface area contributed by atoms with Gasteiger partial charge >= 0.3 is 11.9 Å². The predicted octanol–water partition coefficient (Wildman–Crippen LogP) is 4.02. The molecule has 0 spiro atoms. The van der Waals surface area contributed by atoms with Crippen molar-refractivity contribution in [2.75, 3.05) is 21.3 Å². The Labute approximate surface area is 204 Å². The summed E-state index contributed by atoms with van der Waals surface area (Å²) in [6, 6.07) is 2.90. The minimum Gasteiger partial charge on any atom is -0.493 e. The molecule has 0 unspecified atom stereocenters. The first-order valence-electron chi connectivity index (χ1n) is 11.5. The maximum Gasteiger partial charge on any atom is 0.356 e. The van der Waals surface area contributed by atoms with Crippen molar-refractivity contribution >= 4 is 11.9 Å². The lowest BCUT2D eigenvalue weighted by atomic mass is 10.2. The van der Waals surface area contributed by atoms with Crippen molar-refractivity contribution < 1.29 is 38.4 Å². The molecule has 10 heteroatoms. The second-order valence-corrected chi connectivity index (χ2v) is 8.56. The van der Waals surface area contributed by atoms with Gasteiger partial charge in [-0.3, -0.25) is 0 Å². The second kappa shape index (κ2) is 11.7. The molecule has 0 aliphatic heterocycles. The molecule has 2 atom stereocenters. The molecule has 0 radical (unpaired) electrons. The van der Waals surface area contributed by atoms with Crippen LogP contribution in [0.15, 0.2) is 24.5 Å². The zero-order valence-corrected chi connectivity index (χ0v) is 20.6. The van der Waals surface area contributed by atoms with Crippen LogP contribution in [0, 0.1) is 11.8 Å². The summed E-state index contributed by atoms with van der Waals surface area (Å²) in [7, 11) is 4.33. The first-order chi connectivity index (χ1) is 16.8. The van der Waals surface area contributed by atoms with Crippen LogP contribution >= 0.6 is 0 Å². The minimum atomic E-state index is -1.08. The molecule has 2 aromatic rings. The van der Waals surface area contributed by atoms with E-state index in [1.807, 2.05) is 13.8 Å². The molecule has 0 aromatic carbocycles. The van der Waals surface area contributed by atoms with E-state index in [4.69, 9.17) is 24.1 Å². The van der Waals surface area contributed by atoms with Gasteiger partial charge in [0.15, 0.2) is 34.4 Å². The lowest BCUT2D eigenvalue weighted by Crippen LogP contribution is -2.15. The Balaban J connectivity index is 0.000000196. The Kier molecular flexibility index (Phi) is 8.73. The maximum absolute atomic E-state index is 11.4. The first-order valence-corrected chi connectivity index (χ1v) is 11.5. The van der Waals surface area contributed by atoms with Crippen molar-refractivity contribution in [3.8, 4) is 23.0 Å². The number of nitrogens with zero attached hydrogens (tertiary/aromatic N) is 2. The number of aromatic carboxylic acids is 1. The monoisotopic (exact) mass is 488 g/mol. The Morgan fingerprint density at radius 3 is 1.60 bits per heavy atom. The fourth-order valence-corrected chi connectivity index (χ4v) is 3.40. The number of pyridine rings is 2. The highest BCUT2D eigenvalue weighted by Crippen LogP contribution is 2.38. The van der Waals surface area contributed by atoms with Crippen LogP contribution in [0.25, 0.3) is 0 Å². The van der Waals surface area contributed by atoms with Crippen molar-refractivity contribution in [1.29, 1.82) is 0 Å². The quantitative estimate of drug-likeness (QED) is 0.490. The average molecular weight is 489 g/mol. The molecule has 2 saturated carbocycles. The normalized spacial score (nSPS) is 16.1. The number of carbonyl (C=O) groups is 2. The van der Waals surface area contributed by atoms with Crippen LogP contribution in [0.5, 0.6) is 23.0 Å². The largest absolute Gasteiger partial charge is 0.493 e. The van der Waals surface area contributed by atoms with E-state index in [0.717, 1.165) is 0 Å². The number of carbonyl (C=O) groups excluding carboxylic acids is 1. The van der Waals surface area contributed by atoms with Crippen molar-refractivity contribution in [1.82, 2.24) is 9.97 Å². The van der Waals surface area contributed by atoms with E-state index < -0.39 is 11.9 Å². The molecule has 0 amide bonds. The molecule has 35 heavy (non-hydrogen) atoms. The van der Waals surface area contributed by atoms with E-state index in [-0.39, 0.29) is 23.6 Å². The van der Waals surface area contributed by atoms with E-state index in [2.05, 4.69) is 14.7 Å². The van der Waals surface area contributed by atoms with E-state index >= 15 is 0 Å². The molecule has 2 heterocycles. The molecule has 0 bridgehead atoms. The minimum absolute atomic E-state index is 0.0479. The number of esters is 1. The Hall–Kier alpha value is -3.56. The third-order valence-corrected chi connectivity index (χ3v) is 5.91. The third-order valence-electron chi connectivity index (χ3n) is 5.91. The number of carboxylic acid groups (broad SMARTS) is 1. The van der Waals surface area contributed by atoms with Gasteiger partial charge in [0.1, 0.15) is 0 Å². The molecule has 2 aliphatic rings. The lowest BCUT2D eigenvalue weighted by Gasteiger charge is -2.16. The number of hydrogen-bond donors (Lipinski definition) is 1. The fraction of sp³-hybridized carbons (Fsp3) is 0.520. The van der Waals surface area contributed by atoms with Crippen LogP contribution in [0.3, 0.4) is 0 Å². The predicted molar refractivity (Wildman–Crippen MR) is 126 cm³/mol. The summed E-state index contributed by atoms with van der Waals surface area (Å²) in [5, 5.41) is 8.82. The standard InChI is InChI=1S/C13H17NO4.C12H15NO4/c1-8(9-4-5-9)18-12-7-14-10(13(15)17-3)6-11(12)16-2;1-7(8-3-4-8)17-11-6-13-9(12(14)15)5-10(11)16-2/h6-9H,4-5H2,1-3H3;5-8H,3-4H2,1-2H3,(H,14,15)/t8-;7-/m11/s1. The summed E-state index contributed by atoms with van der Waals surface area (Å²) in [6.07, 6.45) is 7.94. The van der Waals surface area contributed by atoms with Crippen molar-refractivity contribution in [3.05, 3.63) is 35.9 Å². The van der Waals surface area contributed by atoms with Crippen LogP contribution in [0.1, 0.15) is 60.5 Å². The molecule has 2 fully saturated rings. The SMILES string of the molecule is COC(=O)c1cc(OC)c(O[C@H](C)C2CC2)cn1.COc1cc(C(=O)O)ncc1O[C@H](C)C1CC1. The molecule has 2 aliphatic carbocycles. The summed E-state index contributed by atoms with van der Waals surface area (Å²) in [5.41, 5.74) is 0.161.